The second kappa shape index (κ2) is 8.32. The van der Waals surface area contributed by atoms with E-state index in [0.717, 1.165) is 24.8 Å². The van der Waals surface area contributed by atoms with Crippen LogP contribution in [0.3, 0.4) is 0 Å². The Bertz CT molecular complexity index is 1050. The molecule has 0 bridgehead atoms. The average Bonchev–Trinajstić information content (AvgIpc) is 2.78. The van der Waals surface area contributed by atoms with Crippen molar-refractivity contribution in [2.45, 2.75) is 37.0 Å². The summed E-state index contributed by atoms with van der Waals surface area (Å²) < 4.78 is 27.3. The van der Waals surface area contributed by atoms with Gasteiger partial charge in [0.2, 0.25) is 15.9 Å². The van der Waals surface area contributed by atoms with E-state index in [0.29, 0.717) is 18.7 Å². The van der Waals surface area contributed by atoms with Crippen molar-refractivity contribution in [1.29, 1.82) is 0 Å². The molecule has 158 valence electrons. The molecule has 1 aliphatic heterocycles. The molecule has 7 heteroatoms. The highest BCUT2D eigenvalue weighted by atomic mass is 32.2. The summed E-state index contributed by atoms with van der Waals surface area (Å²) in [7, 11) is -3.64. The lowest BCUT2D eigenvalue weighted by Gasteiger charge is -2.37. The molecule has 0 aromatic heterocycles. The van der Waals surface area contributed by atoms with Crippen LogP contribution in [0.1, 0.15) is 47.2 Å². The molecule has 0 N–H and O–H groups in total. The van der Waals surface area contributed by atoms with Crippen molar-refractivity contribution in [3.05, 3.63) is 65.2 Å². The van der Waals surface area contributed by atoms with Gasteiger partial charge in [-0.15, -0.1) is 0 Å². The van der Waals surface area contributed by atoms with Gasteiger partial charge in [-0.05, 0) is 49.4 Å². The molecule has 0 saturated carbocycles. The van der Waals surface area contributed by atoms with Gasteiger partial charge in [0.1, 0.15) is 0 Å². The molecule has 4 rings (SSSR count). The number of carbonyl (C=O) groups is 2. The molecule has 1 aliphatic carbocycles. The molecule has 2 aliphatic rings. The molecule has 1 fully saturated rings. The molecule has 30 heavy (non-hydrogen) atoms. The van der Waals surface area contributed by atoms with E-state index in [-0.39, 0.29) is 35.6 Å². The minimum atomic E-state index is -3.64. The lowest BCUT2D eigenvalue weighted by Crippen LogP contribution is -2.51. The number of piperazine rings is 1. The summed E-state index contributed by atoms with van der Waals surface area (Å²) in [6.45, 7) is 2.78. The Hall–Kier alpha value is -2.51. The van der Waals surface area contributed by atoms with E-state index < -0.39 is 10.0 Å². The zero-order valence-electron chi connectivity index (χ0n) is 17.1. The van der Waals surface area contributed by atoms with Gasteiger partial charge in [0.15, 0.2) is 5.78 Å². The molecular weight excluding hydrogens is 400 g/mol. The first-order valence-electron chi connectivity index (χ1n) is 10.4. The van der Waals surface area contributed by atoms with Crippen LogP contribution < -0.4 is 0 Å². The molecule has 1 amide bonds. The van der Waals surface area contributed by atoms with Crippen molar-refractivity contribution < 1.29 is 18.0 Å². The standard InChI is InChI=1S/C23H26N2O4S/c1-17(26)18-9-11-20(12-10-18)30(28,29)25-15-13-24(14-16-25)23(27)22-8-4-6-19-5-2-3-7-21(19)22/h2-3,5,7,9-12,22H,4,6,8,13-16H2,1H3. The van der Waals surface area contributed by atoms with Gasteiger partial charge in [-0.25, -0.2) is 8.42 Å². The van der Waals surface area contributed by atoms with E-state index in [1.807, 2.05) is 18.2 Å². The first kappa shape index (κ1) is 20.8. The Labute approximate surface area is 177 Å². The number of hydrogen-bond acceptors (Lipinski definition) is 4. The van der Waals surface area contributed by atoms with Crippen LogP contribution in [0.2, 0.25) is 0 Å². The number of ketones is 1. The Morgan fingerprint density at radius 3 is 2.27 bits per heavy atom. The monoisotopic (exact) mass is 426 g/mol. The molecule has 1 heterocycles. The number of nitrogens with zero attached hydrogens (tertiary/aromatic N) is 2. The van der Waals surface area contributed by atoms with E-state index in [2.05, 4.69) is 6.07 Å². The molecular formula is C23H26N2O4S. The molecule has 6 nitrogen and oxygen atoms in total. The third kappa shape index (κ3) is 3.91. The lowest BCUT2D eigenvalue weighted by atomic mass is 9.82. The van der Waals surface area contributed by atoms with Gasteiger partial charge in [0.05, 0.1) is 10.8 Å². The summed E-state index contributed by atoms with van der Waals surface area (Å²) in [5.74, 6) is -0.127. The van der Waals surface area contributed by atoms with Crippen LogP contribution in [-0.4, -0.2) is 55.5 Å². The Morgan fingerprint density at radius 2 is 1.60 bits per heavy atom. The van der Waals surface area contributed by atoms with Crippen LogP contribution >= 0.6 is 0 Å². The number of sulfonamides is 1. The fourth-order valence-electron chi connectivity index (χ4n) is 4.39. The van der Waals surface area contributed by atoms with Gasteiger partial charge in [-0.1, -0.05) is 36.4 Å². The number of rotatable bonds is 4. The fraction of sp³-hybridized carbons (Fsp3) is 0.391. The van der Waals surface area contributed by atoms with Crippen molar-refractivity contribution in [3.63, 3.8) is 0 Å². The number of amides is 1. The van der Waals surface area contributed by atoms with Crippen LogP contribution in [0.5, 0.6) is 0 Å². The van der Waals surface area contributed by atoms with Gasteiger partial charge in [0.25, 0.3) is 0 Å². The summed E-state index contributed by atoms with van der Waals surface area (Å²) in [6, 6.07) is 14.2. The van der Waals surface area contributed by atoms with Gasteiger partial charge >= 0.3 is 0 Å². The Balaban J connectivity index is 1.44. The minimum absolute atomic E-state index is 0.102. The summed E-state index contributed by atoms with van der Waals surface area (Å²) in [6.07, 6.45) is 2.85. The maximum absolute atomic E-state index is 13.2. The Kier molecular flexibility index (Phi) is 5.75. The first-order valence-corrected chi connectivity index (χ1v) is 11.8. The number of fused-ring (bicyclic) bond motifs is 1. The molecule has 1 unspecified atom stereocenters. The van der Waals surface area contributed by atoms with Crippen molar-refractivity contribution in [2.75, 3.05) is 26.2 Å². The highest BCUT2D eigenvalue weighted by molar-refractivity contribution is 7.89. The minimum Gasteiger partial charge on any atom is -0.340 e. The number of Topliss-reactive ketones (excluding diaryl/α,β-unsaturated/α-hetero) is 1. The van der Waals surface area contributed by atoms with E-state index >= 15 is 0 Å². The Morgan fingerprint density at radius 1 is 0.933 bits per heavy atom. The van der Waals surface area contributed by atoms with E-state index in [4.69, 9.17) is 0 Å². The van der Waals surface area contributed by atoms with Crippen LogP contribution in [0.4, 0.5) is 0 Å². The molecule has 2 aromatic rings. The average molecular weight is 427 g/mol. The number of benzene rings is 2. The third-order valence-corrected chi connectivity index (χ3v) is 8.03. The molecule has 2 aromatic carbocycles. The van der Waals surface area contributed by atoms with E-state index in [9.17, 15) is 18.0 Å². The summed E-state index contributed by atoms with van der Waals surface area (Å²) in [5, 5.41) is 0. The highest BCUT2D eigenvalue weighted by Gasteiger charge is 2.34. The van der Waals surface area contributed by atoms with Gasteiger partial charge in [-0.2, -0.15) is 4.31 Å². The second-order valence-corrected chi connectivity index (χ2v) is 9.89. The highest BCUT2D eigenvalue weighted by Crippen LogP contribution is 2.33. The van der Waals surface area contributed by atoms with Crippen LogP contribution in [0.25, 0.3) is 0 Å². The van der Waals surface area contributed by atoms with E-state index in [1.54, 1.807) is 4.90 Å². The van der Waals surface area contributed by atoms with Crippen molar-refractivity contribution in [3.8, 4) is 0 Å². The van der Waals surface area contributed by atoms with E-state index in [1.165, 1.54) is 41.1 Å². The first-order chi connectivity index (χ1) is 14.4. The molecule has 1 saturated heterocycles. The van der Waals surface area contributed by atoms with Gasteiger partial charge < -0.3 is 4.90 Å². The normalized spacial score (nSPS) is 19.9. The molecule has 0 spiro atoms. The van der Waals surface area contributed by atoms with Crippen molar-refractivity contribution in [2.24, 2.45) is 0 Å². The SMILES string of the molecule is CC(=O)c1ccc(S(=O)(=O)N2CCN(C(=O)C3CCCc4ccccc43)CC2)cc1. The van der Waals surface area contributed by atoms with Gasteiger partial charge in [0, 0.05) is 31.7 Å². The predicted octanol–water partition coefficient (Wildman–Crippen LogP) is 2.84. The van der Waals surface area contributed by atoms with Crippen LogP contribution in [0.15, 0.2) is 53.4 Å². The van der Waals surface area contributed by atoms with Crippen LogP contribution in [-0.2, 0) is 21.2 Å². The fourth-order valence-corrected chi connectivity index (χ4v) is 5.81. The third-order valence-electron chi connectivity index (χ3n) is 6.12. The summed E-state index contributed by atoms with van der Waals surface area (Å²) in [4.78, 5) is 26.6. The molecule has 0 radical (unpaired) electrons. The lowest BCUT2D eigenvalue weighted by molar-refractivity contribution is -0.134. The number of carbonyl (C=O) groups excluding carboxylic acids is 2. The predicted molar refractivity (Wildman–Crippen MR) is 114 cm³/mol. The topological polar surface area (TPSA) is 74.8 Å². The number of aryl methyl sites for hydroxylation is 1. The molecule has 1 atom stereocenters. The van der Waals surface area contributed by atoms with Crippen molar-refractivity contribution >= 4 is 21.7 Å². The maximum Gasteiger partial charge on any atom is 0.243 e. The maximum atomic E-state index is 13.2. The van der Waals surface area contributed by atoms with Gasteiger partial charge in [-0.3, -0.25) is 9.59 Å². The number of hydrogen-bond donors (Lipinski definition) is 0. The summed E-state index contributed by atoms with van der Waals surface area (Å²) >= 11 is 0. The quantitative estimate of drug-likeness (QED) is 0.705. The largest absolute Gasteiger partial charge is 0.340 e. The smallest absolute Gasteiger partial charge is 0.243 e. The second-order valence-electron chi connectivity index (χ2n) is 7.95. The zero-order chi connectivity index (χ0) is 21.3. The van der Waals surface area contributed by atoms with Crippen LogP contribution in [0, 0.1) is 0 Å². The van der Waals surface area contributed by atoms with Crippen molar-refractivity contribution in [1.82, 2.24) is 9.21 Å². The summed E-state index contributed by atoms with van der Waals surface area (Å²) in [5.41, 5.74) is 2.85. The zero-order valence-corrected chi connectivity index (χ0v) is 17.9.